The quantitative estimate of drug-likeness (QED) is 0.668. The Morgan fingerprint density at radius 3 is 2.80 bits per heavy atom. The first-order valence-corrected chi connectivity index (χ1v) is 10.6. The number of carbonyl (C=O) groups excluding carboxylic acids is 1. The molecule has 3 aliphatic rings. The van der Waals surface area contributed by atoms with Gasteiger partial charge in [0.25, 0.3) is 5.91 Å². The van der Waals surface area contributed by atoms with Crippen molar-refractivity contribution in [2.75, 3.05) is 26.2 Å². The summed E-state index contributed by atoms with van der Waals surface area (Å²) in [6.45, 7) is 3.96. The Kier molecular flexibility index (Phi) is 7.45. The molecule has 2 bridgehead atoms. The third kappa shape index (κ3) is 4.24. The minimum atomic E-state index is -0.239. The van der Waals surface area contributed by atoms with Crippen molar-refractivity contribution in [2.45, 2.75) is 37.8 Å². The van der Waals surface area contributed by atoms with Crippen LogP contribution < -0.4 is 16.2 Å². The second kappa shape index (κ2) is 9.69. The molecule has 3 N–H and O–H groups in total. The van der Waals surface area contributed by atoms with E-state index in [9.17, 15) is 9.59 Å². The van der Waals surface area contributed by atoms with Gasteiger partial charge >= 0.3 is 0 Å². The molecule has 0 aliphatic carbocycles. The van der Waals surface area contributed by atoms with E-state index in [2.05, 4.69) is 20.5 Å². The van der Waals surface area contributed by atoms with Crippen LogP contribution >= 0.6 is 24.8 Å². The van der Waals surface area contributed by atoms with Gasteiger partial charge in [0, 0.05) is 35.6 Å². The molecular weight excluding hydrogens is 423 g/mol. The highest BCUT2D eigenvalue weighted by Gasteiger charge is 2.45. The molecule has 5 rings (SSSR count). The van der Waals surface area contributed by atoms with E-state index in [-0.39, 0.29) is 36.3 Å². The maximum atomic E-state index is 13.0. The van der Waals surface area contributed by atoms with Gasteiger partial charge in [-0.25, -0.2) is 0 Å². The summed E-state index contributed by atoms with van der Waals surface area (Å²) in [4.78, 5) is 30.5. The van der Waals surface area contributed by atoms with E-state index in [0.717, 1.165) is 30.9 Å². The molecule has 3 aliphatic heterocycles. The van der Waals surface area contributed by atoms with Crippen molar-refractivity contribution in [3.8, 4) is 0 Å². The average molecular weight is 453 g/mol. The number of para-hydroxylation sites is 1. The third-order valence-electron chi connectivity index (χ3n) is 6.99. The van der Waals surface area contributed by atoms with Gasteiger partial charge in [-0.05, 0) is 56.8 Å². The van der Waals surface area contributed by atoms with E-state index in [1.165, 1.54) is 31.7 Å². The molecule has 8 heteroatoms. The van der Waals surface area contributed by atoms with Crippen molar-refractivity contribution < 1.29 is 4.79 Å². The summed E-state index contributed by atoms with van der Waals surface area (Å²) in [5.74, 6) is 1.19. The second-order valence-corrected chi connectivity index (χ2v) is 8.59. The molecule has 6 nitrogen and oxygen atoms in total. The number of piperidine rings is 3. The van der Waals surface area contributed by atoms with Crippen LogP contribution in [0.4, 0.5) is 0 Å². The van der Waals surface area contributed by atoms with Crippen LogP contribution in [0.1, 0.15) is 36.0 Å². The second-order valence-electron chi connectivity index (χ2n) is 8.59. The Morgan fingerprint density at radius 2 is 1.93 bits per heavy atom. The number of halogens is 2. The van der Waals surface area contributed by atoms with Crippen molar-refractivity contribution in [3.63, 3.8) is 0 Å². The molecule has 4 heterocycles. The van der Waals surface area contributed by atoms with E-state index in [1.54, 1.807) is 0 Å². The number of nitrogens with zero attached hydrogens (tertiary/aromatic N) is 1. The molecule has 1 amide bonds. The van der Waals surface area contributed by atoms with Gasteiger partial charge in [0.05, 0.1) is 5.56 Å². The fraction of sp³-hybridized carbons (Fsp3) is 0.545. The summed E-state index contributed by atoms with van der Waals surface area (Å²) in [6.07, 6.45) is 5.12. The number of amides is 1. The first-order chi connectivity index (χ1) is 13.7. The zero-order valence-corrected chi connectivity index (χ0v) is 18.6. The molecule has 0 spiro atoms. The molecule has 3 saturated heterocycles. The smallest absolute Gasteiger partial charge is 0.252 e. The van der Waals surface area contributed by atoms with Gasteiger partial charge in [0.15, 0.2) is 0 Å². The molecule has 1 aromatic carbocycles. The van der Waals surface area contributed by atoms with Gasteiger partial charge in [0.1, 0.15) is 0 Å². The lowest BCUT2D eigenvalue weighted by Crippen LogP contribution is -2.65. The molecule has 4 atom stereocenters. The number of hydrogen-bond acceptors (Lipinski definition) is 4. The number of hydrogen-bond donors (Lipinski definition) is 3. The standard InChI is InChI=1S/C22H28N4O2.2ClH/c27-21-10-17(16-5-1-2-6-18(16)25-21)22(28)24-13-20-15-9-14(11-23-12-15)19-7-3-4-8-26(19)20;;/h1-2,5-6,10,14-15,19-20,23H,3-4,7-9,11-13H2,(H,24,28)(H,25,27);2*1H/t14-,15+,19+,20+;;/m1../s1. The topological polar surface area (TPSA) is 77.2 Å². The molecule has 0 unspecified atom stereocenters. The largest absolute Gasteiger partial charge is 0.350 e. The summed E-state index contributed by atoms with van der Waals surface area (Å²) in [5, 5.41) is 7.57. The molecule has 30 heavy (non-hydrogen) atoms. The molecule has 3 fully saturated rings. The van der Waals surface area contributed by atoms with Gasteiger partial charge < -0.3 is 15.6 Å². The lowest BCUT2D eigenvalue weighted by Gasteiger charge is -2.55. The zero-order valence-electron chi connectivity index (χ0n) is 16.9. The molecule has 0 radical (unpaired) electrons. The Balaban J connectivity index is 0.00000128. The number of fused-ring (bicyclic) bond motifs is 5. The summed E-state index contributed by atoms with van der Waals surface area (Å²) < 4.78 is 0. The number of H-pyrrole nitrogens is 1. The highest BCUT2D eigenvalue weighted by atomic mass is 35.5. The zero-order chi connectivity index (χ0) is 19.1. The molecule has 164 valence electrons. The van der Waals surface area contributed by atoms with E-state index in [1.807, 2.05) is 24.3 Å². The fourth-order valence-electron chi connectivity index (χ4n) is 5.73. The van der Waals surface area contributed by atoms with Crippen LogP contribution in [0.2, 0.25) is 0 Å². The van der Waals surface area contributed by atoms with E-state index >= 15 is 0 Å². The first kappa shape index (κ1) is 23.1. The van der Waals surface area contributed by atoms with Crippen LogP contribution in [0.25, 0.3) is 10.9 Å². The van der Waals surface area contributed by atoms with Gasteiger partial charge in [-0.15, -0.1) is 24.8 Å². The van der Waals surface area contributed by atoms with Crippen LogP contribution in [0.3, 0.4) is 0 Å². The van der Waals surface area contributed by atoms with E-state index in [4.69, 9.17) is 0 Å². The van der Waals surface area contributed by atoms with Crippen molar-refractivity contribution >= 4 is 41.6 Å². The van der Waals surface area contributed by atoms with Crippen LogP contribution in [0.5, 0.6) is 0 Å². The normalized spacial score (nSPS) is 28.0. The molecule has 2 aromatic rings. The Bertz CT molecular complexity index is 950. The SMILES string of the molecule is Cl.Cl.O=C(NC[C@H]1[C@@H]2CNC[C@@H](C2)[C@@H]2CCCCN21)c1cc(=O)[nH]c2ccccc12. The van der Waals surface area contributed by atoms with Crippen LogP contribution in [-0.4, -0.2) is 54.1 Å². The molecule has 0 saturated carbocycles. The minimum absolute atomic E-state index is 0. The monoisotopic (exact) mass is 452 g/mol. The highest BCUT2D eigenvalue weighted by molar-refractivity contribution is 6.05. The number of pyridine rings is 1. The van der Waals surface area contributed by atoms with Crippen molar-refractivity contribution in [1.29, 1.82) is 0 Å². The van der Waals surface area contributed by atoms with Crippen LogP contribution in [0, 0.1) is 11.8 Å². The maximum Gasteiger partial charge on any atom is 0.252 e. The number of carbonyl (C=O) groups is 1. The van der Waals surface area contributed by atoms with Gasteiger partial charge in [-0.1, -0.05) is 24.6 Å². The van der Waals surface area contributed by atoms with Gasteiger partial charge in [0.2, 0.25) is 5.56 Å². The number of aromatic nitrogens is 1. The number of aromatic amines is 1. The number of benzene rings is 1. The summed E-state index contributed by atoms with van der Waals surface area (Å²) in [5.41, 5.74) is 0.926. The lowest BCUT2D eigenvalue weighted by atomic mass is 9.73. The lowest BCUT2D eigenvalue weighted by molar-refractivity contribution is -0.0371. The minimum Gasteiger partial charge on any atom is -0.350 e. The van der Waals surface area contributed by atoms with E-state index in [0.29, 0.717) is 35.6 Å². The van der Waals surface area contributed by atoms with Crippen molar-refractivity contribution in [3.05, 3.63) is 46.2 Å². The first-order valence-electron chi connectivity index (χ1n) is 10.6. The third-order valence-corrected chi connectivity index (χ3v) is 6.99. The Morgan fingerprint density at radius 1 is 1.13 bits per heavy atom. The predicted octanol–water partition coefficient (Wildman–Crippen LogP) is 2.56. The summed E-state index contributed by atoms with van der Waals surface area (Å²) in [6, 6.07) is 9.93. The molecule has 1 aromatic heterocycles. The summed E-state index contributed by atoms with van der Waals surface area (Å²) in [7, 11) is 0. The highest BCUT2D eigenvalue weighted by Crippen LogP contribution is 2.38. The van der Waals surface area contributed by atoms with Crippen LogP contribution in [0.15, 0.2) is 35.1 Å². The van der Waals surface area contributed by atoms with E-state index < -0.39 is 0 Å². The van der Waals surface area contributed by atoms with Gasteiger partial charge in [-0.2, -0.15) is 0 Å². The maximum absolute atomic E-state index is 13.0. The van der Waals surface area contributed by atoms with Crippen molar-refractivity contribution in [1.82, 2.24) is 20.5 Å². The average Bonchev–Trinajstić information content (AvgIpc) is 2.73. The summed E-state index contributed by atoms with van der Waals surface area (Å²) >= 11 is 0. The van der Waals surface area contributed by atoms with Crippen LogP contribution in [-0.2, 0) is 0 Å². The molecular formula is C22H30Cl2N4O2. The Hall–Kier alpha value is -1.60. The number of nitrogens with one attached hydrogen (secondary N) is 3. The van der Waals surface area contributed by atoms with Gasteiger partial charge in [-0.3, -0.25) is 14.5 Å². The number of rotatable bonds is 3. The Labute approximate surface area is 189 Å². The predicted molar refractivity (Wildman–Crippen MR) is 124 cm³/mol. The van der Waals surface area contributed by atoms with Crippen molar-refractivity contribution in [2.24, 2.45) is 11.8 Å². The fourth-order valence-corrected chi connectivity index (χ4v) is 5.73.